The van der Waals surface area contributed by atoms with Gasteiger partial charge in [0.05, 0.1) is 5.56 Å². The maximum absolute atomic E-state index is 11.6. The van der Waals surface area contributed by atoms with Crippen LogP contribution in [0.15, 0.2) is 30.4 Å². The summed E-state index contributed by atoms with van der Waals surface area (Å²) in [7, 11) is 0. The highest BCUT2D eigenvalue weighted by Crippen LogP contribution is 2.36. The van der Waals surface area contributed by atoms with E-state index in [0.717, 1.165) is 0 Å². The standard InChI is InChI=1S/C12H12O3/c1-2-15-11-5-3-4-8-9(13)6-7-10(14)12(8)11/h2-7,9-10,14H,1H3. The quantitative estimate of drug-likeness (QED) is 0.424. The monoisotopic (exact) mass is 204 g/mol. The summed E-state index contributed by atoms with van der Waals surface area (Å²) < 4.78 is 5.27. The lowest BCUT2D eigenvalue weighted by Crippen LogP contribution is -2.19. The minimum Gasteiger partial charge on any atom is -0.846 e. The van der Waals surface area contributed by atoms with Gasteiger partial charge in [-0.3, -0.25) is 0 Å². The molecule has 0 radical (unpaired) electrons. The van der Waals surface area contributed by atoms with Crippen LogP contribution in [-0.2, 0) is 4.42 Å². The second kappa shape index (κ2) is 3.96. The van der Waals surface area contributed by atoms with E-state index in [1.54, 1.807) is 25.1 Å². The highest BCUT2D eigenvalue weighted by atomic mass is 16.4. The zero-order valence-electron chi connectivity index (χ0n) is 8.38. The molecule has 3 nitrogen and oxygen atoms in total. The van der Waals surface area contributed by atoms with Crippen LogP contribution in [0.3, 0.4) is 0 Å². The van der Waals surface area contributed by atoms with Crippen molar-refractivity contribution in [3.63, 3.8) is 0 Å². The second-order valence-electron chi connectivity index (χ2n) is 3.36. The molecule has 3 heteroatoms. The molecule has 1 aromatic carbocycles. The molecule has 0 heterocycles. The molecule has 1 N–H and O–H groups in total. The Morgan fingerprint density at radius 3 is 2.93 bits per heavy atom. The number of aldehydes is 1. The second-order valence-corrected chi connectivity index (χ2v) is 3.36. The van der Waals surface area contributed by atoms with Crippen molar-refractivity contribution in [1.82, 2.24) is 0 Å². The molecule has 78 valence electrons. The molecule has 15 heavy (non-hydrogen) atoms. The summed E-state index contributed by atoms with van der Waals surface area (Å²) >= 11 is 0. The van der Waals surface area contributed by atoms with E-state index in [2.05, 4.69) is 0 Å². The number of hydrogen-bond donors (Lipinski definition) is 1. The van der Waals surface area contributed by atoms with Crippen molar-refractivity contribution in [2.45, 2.75) is 19.1 Å². The largest absolute Gasteiger partial charge is 0.846 e. The van der Waals surface area contributed by atoms with E-state index in [4.69, 9.17) is 4.42 Å². The molecule has 0 spiro atoms. The van der Waals surface area contributed by atoms with Crippen LogP contribution in [0.4, 0.5) is 0 Å². The summed E-state index contributed by atoms with van der Waals surface area (Å²) in [6.07, 6.45) is 2.83. The van der Waals surface area contributed by atoms with Gasteiger partial charge in [0.1, 0.15) is 6.10 Å². The van der Waals surface area contributed by atoms with Gasteiger partial charge in [-0.1, -0.05) is 30.4 Å². The topological polar surface area (TPSA) is 54.6 Å². The summed E-state index contributed by atoms with van der Waals surface area (Å²) in [4.78, 5) is 0. The summed E-state index contributed by atoms with van der Waals surface area (Å²) in [5.41, 5.74) is 1.17. The van der Waals surface area contributed by atoms with Gasteiger partial charge in [0.15, 0.2) is 0 Å². The Kier molecular flexibility index (Phi) is 2.66. The Morgan fingerprint density at radius 1 is 1.40 bits per heavy atom. The van der Waals surface area contributed by atoms with Gasteiger partial charge in [-0.25, -0.2) is 4.42 Å². The predicted octanol–water partition coefficient (Wildman–Crippen LogP) is 1.16. The summed E-state index contributed by atoms with van der Waals surface area (Å²) in [6, 6.07) is 5.23. The molecule has 2 unspecified atom stereocenters. The smallest absolute Gasteiger partial charge is 0.358 e. The van der Waals surface area contributed by atoms with Gasteiger partial charge in [0.25, 0.3) is 6.29 Å². The van der Waals surface area contributed by atoms with E-state index in [-0.39, 0.29) is 0 Å². The van der Waals surface area contributed by atoms with Crippen LogP contribution >= 0.6 is 0 Å². The molecule has 0 saturated heterocycles. The molecule has 0 saturated carbocycles. The maximum Gasteiger partial charge on any atom is 0.358 e. The van der Waals surface area contributed by atoms with Crippen LogP contribution in [0.25, 0.3) is 0 Å². The average molecular weight is 204 g/mol. The number of hydrogen-bond acceptors (Lipinski definition) is 2. The highest BCUT2D eigenvalue weighted by molar-refractivity contribution is 5.51. The minimum absolute atomic E-state index is 0.549. The Balaban J connectivity index is 2.60. The van der Waals surface area contributed by atoms with Gasteiger partial charge in [-0.05, 0) is 5.56 Å². The van der Waals surface area contributed by atoms with Crippen LogP contribution in [0.2, 0.25) is 0 Å². The Labute approximate surface area is 88.0 Å². The molecule has 0 aliphatic heterocycles. The van der Waals surface area contributed by atoms with Gasteiger partial charge in [0, 0.05) is 13.0 Å². The zero-order valence-corrected chi connectivity index (χ0v) is 8.38. The van der Waals surface area contributed by atoms with Crippen LogP contribution < -0.4 is 5.11 Å². The number of aliphatic hydroxyl groups excluding tert-OH is 1. The van der Waals surface area contributed by atoms with Crippen molar-refractivity contribution in [1.29, 1.82) is 0 Å². The minimum atomic E-state index is -0.913. The number of carbonyl (C=O) groups excluding carboxylic acids is 1. The fourth-order valence-corrected chi connectivity index (χ4v) is 1.76. The third kappa shape index (κ3) is 1.71. The van der Waals surface area contributed by atoms with Crippen molar-refractivity contribution in [3.8, 4) is 5.75 Å². The van der Waals surface area contributed by atoms with E-state index in [0.29, 0.717) is 16.9 Å². The van der Waals surface area contributed by atoms with E-state index in [1.807, 2.05) is 0 Å². The molecule has 0 fully saturated rings. The molecule has 2 rings (SSSR count). The number of rotatable bonds is 1. The average Bonchev–Trinajstić information content (AvgIpc) is 2.24. The Hall–Kier alpha value is -1.45. The molecule has 0 amide bonds. The maximum atomic E-state index is 11.6. The first-order valence-corrected chi connectivity index (χ1v) is 4.83. The van der Waals surface area contributed by atoms with Crippen molar-refractivity contribution >= 4 is 6.29 Å². The van der Waals surface area contributed by atoms with Crippen molar-refractivity contribution in [3.05, 3.63) is 41.5 Å². The predicted molar refractivity (Wildman–Crippen MR) is 54.5 cm³/mol. The van der Waals surface area contributed by atoms with Crippen molar-refractivity contribution < 1.29 is 14.6 Å². The summed E-state index contributed by atoms with van der Waals surface area (Å²) in [5.74, 6) is 0.549. The number of benzene rings is 1. The van der Waals surface area contributed by atoms with Gasteiger partial charge in [-0.15, -0.1) is 0 Å². The molecular weight excluding hydrogens is 192 g/mol. The fourth-order valence-electron chi connectivity index (χ4n) is 1.76. The van der Waals surface area contributed by atoms with Gasteiger partial charge in [0.2, 0.25) is 0 Å². The number of aliphatic hydroxyl groups is 1. The Bertz CT molecular complexity index is 421. The third-order valence-corrected chi connectivity index (χ3v) is 2.42. The SMILES string of the molecule is CC=[O+]c1cccc2c1C(O)C=CC2[O-]. The first kappa shape index (κ1) is 10.1. The van der Waals surface area contributed by atoms with Crippen molar-refractivity contribution in [2.24, 2.45) is 0 Å². The van der Waals surface area contributed by atoms with E-state index in [1.165, 1.54) is 18.4 Å². The zero-order chi connectivity index (χ0) is 10.8. The lowest BCUT2D eigenvalue weighted by Gasteiger charge is -2.26. The van der Waals surface area contributed by atoms with Crippen LogP contribution in [0.5, 0.6) is 5.75 Å². The molecule has 0 aromatic heterocycles. The summed E-state index contributed by atoms with van der Waals surface area (Å²) in [6.45, 7) is 1.75. The highest BCUT2D eigenvalue weighted by Gasteiger charge is 2.24. The number of fused-ring (bicyclic) bond motifs is 1. The van der Waals surface area contributed by atoms with Crippen molar-refractivity contribution in [2.75, 3.05) is 0 Å². The molecular formula is C12H12O3. The van der Waals surface area contributed by atoms with Gasteiger partial charge < -0.3 is 10.2 Å². The molecule has 1 aliphatic carbocycles. The first-order chi connectivity index (χ1) is 7.24. The van der Waals surface area contributed by atoms with E-state index >= 15 is 0 Å². The van der Waals surface area contributed by atoms with Crippen LogP contribution in [0, 0.1) is 0 Å². The normalized spacial score (nSPS) is 24.5. The van der Waals surface area contributed by atoms with E-state index < -0.39 is 12.2 Å². The van der Waals surface area contributed by atoms with Crippen LogP contribution in [-0.4, -0.2) is 11.4 Å². The summed E-state index contributed by atoms with van der Waals surface area (Å²) in [5, 5.41) is 21.4. The van der Waals surface area contributed by atoms with Crippen LogP contribution in [0.1, 0.15) is 30.3 Å². The van der Waals surface area contributed by atoms with Gasteiger partial charge >= 0.3 is 5.75 Å². The molecule has 1 aliphatic rings. The Morgan fingerprint density at radius 2 is 2.20 bits per heavy atom. The lowest BCUT2D eigenvalue weighted by atomic mass is 9.92. The molecule has 2 atom stereocenters. The fraction of sp³-hybridized carbons (Fsp3) is 0.250. The molecule has 1 aromatic rings. The third-order valence-electron chi connectivity index (χ3n) is 2.42. The van der Waals surface area contributed by atoms with E-state index in [9.17, 15) is 10.2 Å². The first-order valence-electron chi connectivity index (χ1n) is 4.83. The molecule has 0 bridgehead atoms. The lowest BCUT2D eigenvalue weighted by molar-refractivity contribution is -0.410. The van der Waals surface area contributed by atoms with Gasteiger partial charge in [-0.2, -0.15) is 0 Å².